The van der Waals surface area contributed by atoms with Gasteiger partial charge in [0.2, 0.25) is 0 Å². The topological polar surface area (TPSA) is 78.9 Å². The highest BCUT2D eigenvalue weighted by Crippen LogP contribution is 2.20. The molecule has 0 aliphatic heterocycles. The van der Waals surface area contributed by atoms with E-state index in [2.05, 4.69) is 16.5 Å². The number of rotatable bonds is 5. The number of amides is 1. The van der Waals surface area contributed by atoms with E-state index in [0.717, 1.165) is 6.42 Å². The number of hydrogen-bond donors (Lipinski definition) is 1. The molecule has 1 rings (SSSR count). The summed E-state index contributed by atoms with van der Waals surface area (Å²) in [6.45, 7) is 9.26. The molecule has 0 aliphatic rings. The van der Waals surface area contributed by atoms with Crippen LogP contribution in [0.25, 0.3) is 0 Å². The molecule has 1 aromatic heterocycles. The monoisotopic (exact) mass is 263 g/mol. The first-order valence-corrected chi connectivity index (χ1v) is 6.54. The summed E-state index contributed by atoms with van der Waals surface area (Å²) in [4.78, 5) is 12.3. The minimum absolute atomic E-state index is 0.0104. The zero-order valence-electron chi connectivity index (χ0n) is 12.2. The van der Waals surface area contributed by atoms with Crippen LogP contribution in [0.1, 0.15) is 55.9 Å². The van der Waals surface area contributed by atoms with E-state index < -0.39 is 5.54 Å². The Bertz CT molecular complexity index is 499. The van der Waals surface area contributed by atoms with Crippen LogP contribution in [0, 0.1) is 24.2 Å². The summed E-state index contributed by atoms with van der Waals surface area (Å²) >= 11 is 0. The fourth-order valence-electron chi connectivity index (χ4n) is 1.70. The van der Waals surface area contributed by atoms with E-state index in [1.54, 1.807) is 13.8 Å². The molecule has 19 heavy (non-hydrogen) atoms. The number of nitrogens with zero attached hydrogens (tertiary/aromatic N) is 2. The van der Waals surface area contributed by atoms with Crippen LogP contribution in [-0.4, -0.2) is 16.6 Å². The molecule has 0 aliphatic carbocycles. The Morgan fingerprint density at radius 3 is 2.68 bits per heavy atom. The largest absolute Gasteiger partial charge is 0.360 e. The predicted octanol–water partition coefficient (Wildman–Crippen LogP) is 2.60. The lowest BCUT2D eigenvalue weighted by Gasteiger charge is -2.27. The summed E-state index contributed by atoms with van der Waals surface area (Å²) in [7, 11) is 0. The van der Waals surface area contributed by atoms with Crippen LogP contribution < -0.4 is 5.32 Å². The van der Waals surface area contributed by atoms with Crippen molar-refractivity contribution in [3.8, 4) is 6.07 Å². The van der Waals surface area contributed by atoms with Crippen molar-refractivity contribution in [2.75, 3.05) is 0 Å². The molecule has 1 atom stereocenters. The zero-order valence-corrected chi connectivity index (χ0v) is 12.2. The van der Waals surface area contributed by atoms with Crippen molar-refractivity contribution in [1.29, 1.82) is 5.26 Å². The molecule has 104 valence electrons. The standard InChI is InChI=1S/C14H21N3O2/c1-6-7-11-12(10(4)17-19-11)13(18)16-14(5,8-15)9(2)3/h9H,6-7H2,1-5H3,(H,16,18)/t14-/m0/s1. The van der Waals surface area contributed by atoms with Gasteiger partial charge < -0.3 is 9.84 Å². The van der Waals surface area contributed by atoms with E-state index in [1.807, 2.05) is 20.8 Å². The van der Waals surface area contributed by atoms with Gasteiger partial charge >= 0.3 is 0 Å². The number of aryl methyl sites for hydroxylation is 2. The Morgan fingerprint density at radius 2 is 2.21 bits per heavy atom. The van der Waals surface area contributed by atoms with Gasteiger partial charge in [-0.3, -0.25) is 4.79 Å². The molecule has 0 radical (unpaired) electrons. The van der Waals surface area contributed by atoms with Gasteiger partial charge in [-0.05, 0) is 26.2 Å². The molecular formula is C14H21N3O2. The van der Waals surface area contributed by atoms with Crippen LogP contribution in [-0.2, 0) is 6.42 Å². The van der Waals surface area contributed by atoms with Gasteiger partial charge in [-0.25, -0.2) is 0 Å². The lowest BCUT2D eigenvalue weighted by atomic mass is 9.89. The van der Waals surface area contributed by atoms with Crippen molar-refractivity contribution in [2.24, 2.45) is 5.92 Å². The van der Waals surface area contributed by atoms with Gasteiger partial charge in [0.1, 0.15) is 16.9 Å². The van der Waals surface area contributed by atoms with Crippen molar-refractivity contribution in [1.82, 2.24) is 10.5 Å². The van der Waals surface area contributed by atoms with Gasteiger partial charge in [-0.15, -0.1) is 0 Å². The Hall–Kier alpha value is -1.83. The molecule has 1 amide bonds. The first kappa shape index (κ1) is 15.2. The second-order valence-electron chi connectivity index (χ2n) is 5.24. The maximum Gasteiger partial charge on any atom is 0.258 e. The first-order chi connectivity index (χ1) is 8.85. The van der Waals surface area contributed by atoms with Crippen LogP contribution >= 0.6 is 0 Å². The van der Waals surface area contributed by atoms with Crippen LogP contribution in [0.3, 0.4) is 0 Å². The summed E-state index contributed by atoms with van der Waals surface area (Å²) in [5, 5.41) is 15.9. The van der Waals surface area contributed by atoms with E-state index in [4.69, 9.17) is 4.52 Å². The molecule has 5 heteroatoms. The summed E-state index contributed by atoms with van der Waals surface area (Å²) in [5.41, 5.74) is 0.124. The molecule has 1 aromatic rings. The van der Waals surface area contributed by atoms with Gasteiger partial charge in [0.05, 0.1) is 11.8 Å². The van der Waals surface area contributed by atoms with E-state index in [9.17, 15) is 10.1 Å². The van der Waals surface area contributed by atoms with E-state index in [-0.39, 0.29) is 11.8 Å². The average Bonchev–Trinajstić information content (AvgIpc) is 2.70. The summed E-state index contributed by atoms with van der Waals surface area (Å²) in [5.74, 6) is 0.303. The minimum Gasteiger partial charge on any atom is -0.360 e. The highest BCUT2D eigenvalue weighted by molar-refractivity contribution is 5.96. The lowest BCUT2D eigenvalue weighted by molar-refractivity contribution is 0.0905. The highest BCUT2D eigenvalue weighted by Gasteiger charge is 2.32. The number of aromatic nitrogens is 1. The van der Waals surface area contributed by atoms with Gasteiger partial charge in [-0.1, -0.05) is 25.9 Å². The molecule has 0 aromatic carbocycles. The molecular weight excluding hydrogens is 242 g/mol. The molecule has 0 unspecified atom stereocenters. The van der Waals surface area contributed by atoms with Crippen LogP contribution in [0.5, 0.6) is 0 Å². The predicted molar refractivity (Wildman–Crippen MR) is 71.6 cm³/mol. The van der Waals surface area contributed by atoms with E-state index >= 15 is 0 Å². The normalized spacial score (nSPS) is 13.9. The summed E-state index contributed by atoms with van der Waals surface area (Å²) < 4.78 is 5.17. The highest BCUT2D eigenvalue weighted by atomic mass is 16.5. The Kier molecular flexibility index (Phi) is 4.71. The van der Waals surface area contributed by atoms with E-state index in [1.165, 1.54) is 0 Å². The van der Waals surface area contributed by atoms with Crippen LogP contribution in [0.15, 0.2) is 4.52 Å². The first-order valence-electron chi connectivity index (χ1n) is 6.54. The quantitative estimate of drug-likeness (QED) is 0.885. The molecule has 1 N–H and O–H groups in total. The summed E-state index contributed by atoms with van der Waals surface area (Å²) in [6.07, 6.45) is 1.53. The third-order valence-electron chi connectivity index (χ3n) is 3.40. The van der Waals surface area contributed by atoms with Crippen molar-refractivity contribution in [3.63, 3.8) is 0 Å². The van der Waals surface area contributed by atoms with Gasteiger partial charge in [0.25, 0.3) is 5.91 Å². The number of nitrogens with one attached hydrogen (secondary N) is 1. The number of hydrogen-bond acceptors (Lipinski definition) is 4. The van der Waals surface area contributed by atoms with Crippen molar-refractivity contribution >= 4 is 5.91 Å². The van der Waals surface area contributed by atoms with Crippen molar-refractivity contribution < 1.29 is 9.32 Å². The molecule has 0 saturated carbocycles. The minimum atomic E-state index is -0.899. The third-order valence-corrected chi connectivity index (χ3v) is 3.40. The molecule has 1 heterocycles. The Labute approximate surface area is 114 Å². The SMILES string of the molecule is CCCc1onc(C)c1C(=O)N[C@@](C)(C#N)C(C)C. The molecule has 0 fully saturated rings. The Morgan fingerprint density at radius 1 is 1.58 bits per heavy atom. The molecule has 0 spiro atoms. The number of carbonyl (C=O) groups excluding carboxylic acids is 1. The average molecular weight is 263 g/mol. The second-order valence-corrected chi connectivity index (χ2v) is 5.24. The molecule has 5 nitrogen and oxygen atoms in total. The van der Waals surface area contributed by atoms with Gasteiger partial charge in [0, 0.05) is 6.42 Å². The number of carbonyl (C=O) groups is 1. The summed E-state index contributed by atoms with van der Waals surface area (Å²) in [6, 6.07) is 2.16. The number of nitriles is 1. The Balaban J connectivity index is 3.02. The zero-order chi connectivity index (χ0) is 14.6. The van der Waals surface area contributed by atoms with Crippen LogP contribution in [0.2, 0.25) is 0 Å². The van der Waals surface area contributed by atoms with Crippen LogP contribution in [0.4, 0.5) is 0 Å². The van der Waals surface area contributed by atoms with Crippen molar-refractivity contribution in [2.45, 2.75) is 53.0 Å². The van der Waals surface area contributed by atoms with E-state index in [0.29, 0.717) is 23.4 Å². The fourth-order valence-corrected chi connectivity index (χ4v) is 1.70. The maximum atomic E-state index is 12.3. The lowest BCUT2D eigenvalue weighted by Crippen LogP contribution is -2.49. The third kappa shape index (κ3) is 3.14. The van der Waals surface area contributed by atoms with Gasteiger partial charge in [0.15, 0.2) is 0 Å². The fraction of sp³-hybridized carbons (Fsp3) is 0.643. The second kappa shape index (κ2) is 5.87. The smallest absolute Gasteiger partial charge is 0.258 e. The van der Waals surface area contributed by atoms with Crippen molar-refractivity contribution in [3.05, 3.63) is 17.0 Å². The van der Waals surface area contributed by atoms with Gasteiger partial charge in [-0.2, -0.15) is 5.26 Å². The molecule has 0 bridgehead atoms. The maximum absolute atomic E-state index is 12.3. The molecule has 0 saturated heterocycles.